The van der Waals surface area contributed by atoms with E-state index in [-0.39, 0.29) is 5.69 Å². The number of aromatic nitrogens is 1. The van der Waals surface area contributed by atoms with Crippen molar-refractivity contribution in [3.05, 3.63) is 27.9 Å². The molecule has 0 aliphatic rings. The number of anilines is 1. The number of nitro groups is 1. The Morgan fingerprint density at radius 1 is 1.38 bits per heavy atom. The van der Waals surface area contributed by atoms with E-state index >= 15 is 0 Å². The minimum atomic E-state index is -0.533. The van der Waals surface area contributed by atoms with Crippen molar-refractivity contribution < 1.29 is 14.5 Å². The fourth-order valence-corrected chi connectivity index (χ4v) is 1.51. The van der Waals surface area contributed by atoms with Gasteiger partial charge in [0.15, 0.2) is 0 Å². The zero-order valence-corrected chi connectivity index (χ0v) is 12.6. The fourth-order valence-electron chi connectivity index (χ4n) is 1.51. The van der Waals surface area contributed by atoms with Crippen LogP contribution in [0.25, 0.3) is 0 Å². The first-order chi connectivity index (χ1) is 9.69. The molecular formula is C13H20N4O4. The standard InChI is InChI=1S/C13H20N4O4/c1-9-10(17(19)20)5-6-11(16-9)14-7-8-15-12(18)21-13(2,3)4/h5-6H,7-8H2,1-4H3,(H,14,16)(H,15,18). The number of pyridine rings is 1. The topological polar surface area (TPSA) is 106 Å². The van der Waals surface area contributed by atoms with E-state index in [1.54, 1.807) is 27.7 Å². The van der Waals surface area contributed by atoms with Crippen LogP contribution in [-0.2, 0) is 4.74 Å². The van der Waals surface area contributed by atoms with Crippen molar-refractivity contribution in [1.82, 2.24) is 10.3 Å². The molecule has 0 spiro atoms. The average molecular weight is 296 g/mol. The Kier molecular flexibility index (Phi) is 5.45. The molecule has 0 bridgehead atoms. The normalized spacial score (nSPS) is 10.9. The molecule has 0 fully saturated rings. The number of hydrogen-bond donors (Lipinski definition) is 2. The van der Waals surface area contributed by atoms with E-state index in [1.165, 1.54) is 12.1 Å². The van der Waals surface area contributed by atoms with E-state index in [0.717, 1.165) is 0 Å². The lowest BCUT2D eigenvalue weighted by Crippen LogP contribution is -2.35. The van der Waals surface area contributed by atoms with Crippen molar-refractivity contribution in [3.63, 3.8) is 0 Å². The highest BCUT2D eigenvalue weighted by Crippen LogP contribution is 2.17. The first-order valence-corrected chi connectivity index (χ1v) is 6.52. The SMILES string of the molecule is Cc1nc(NCCNC(=O)OC(C)(C)C)ccc1[N+](=O)[O-]. The van der Waals surface area contributed by atoms with Crippen molar-refractivity contribution in [3.8, 4) is 0 Å². The number of nitrogens with one attached hydrogen (secondary N) is 2. The van der Waals surface area contributed by atoms with Crippen molar-refractivity contribution in [2.24, 2.45) is 0 Å². The van der Waals surface area contributed by atoms with Crippen LogP contribution in [0.15, 0.2) is 12.1 Å². The Balaban J connectivity index is 2.38. The van der Waals surface area contributed by atoms with Gasteiger partial charge < -0.3 is 15.4 Å². The summed E-state index contributed by atoms with van der Waals surface area (Å²) in [6.07, 6.45) is -0.489. The van der Waals surface area contributed by atoms with E-state index in [0.29, 0.717) is 24.6 Å². The molecule has 0 saturated carbocycles. The number of carbonyl (C=O) groups excluding carboxylic acids is 1. The van der Waals surface area contributed by atoms with Crippen LogP contribution in [-0.4, -0.2) is 34.7 Å². The maximum Gasteiger partial charge on any atom is 0.407 e. The van der Waals surface area contributed by atoms with Gasteiger partial charge in [-0.05, 0) is 33.8 Å². The van der Waals surface area contributed by atoms with Gasteiger partial charge in [0.1, 0.15) is 17.1 Å². The summed E-state index contributed by atoms with van der Waals surface area (Å²) in [6, 6.07) is 2.92. The first kappa shape index (κ1) is 16.7. The maximum absolute atomic E-state index is 11.4. The number of carbonyl (C=O) groups is 1. The van der Waals surface area contributed by atoms with Gasteiger partial charge in [-0.2, -0.15) is 0 Å². The van der Waals surface area contributed by atoms with Crippen molar-refractivity contribution in [2.45, 2.75) is 33.3 Å². The second kappa shape index (κ2) is 6.87. The Morgan fingerprint density at radius 3 is 2.57 bits per heavy atom. The average Bonchev–Trinajstić information content (AvgIpc) is 2.32. The van der Waals surface area contributed by atoms with Gasteiger partial charge in [-0.3, -0.25) is 10.1 Å². The van der Waals surface area contributed by atoms with Crippen molar-refractivity contribution >= 4 is 17.6 Å². The molecule has 8 heteroatoms. The molecule has 0 aliphatic carbocycles. The molecule has 8 nitrogen and oxygen atoms in total. The smallest absolute Gasteiger partial charge is 0.407 e. The predicted octanol–water partition coefficient (Wildman–Crippen LogP) is 2.23. The van der Waals surface area contributed by atoms with E-state index in [9.17, 15) is 14.9 Å². The van der Waals surface area contributed by atoms with Gasteiger partial charge >= 0.3 is 6.09 Å². The first-order valence-electron chi connectivity index (χ1n) is 6.52. The monoisotopic (exact) mass is 296 g/mol. The Bertz CT molecular complexity index is 525. The maximum atomic E-state index is 11.4. The molecule has 116 valence electrons. The molecule has 0 radical (unpaired) electrons. The lowest BCUT2D eigenvalue weighted by molar-refractivity contribution is -0.385. The van der Waals surface area contributed by atoms with Crippen LogP contribution >= 0.6 is 0 Å². The highest BCUT2D eigenvalue weighted by Gasteiger charge is 2.15. The van der Waals surface area contributed by atoms with Crippen LogP contribution in [0, 0.1) is 17.0 Å². The zero-order chi connectivity index (χ0) is 16.0. The lowest BCUT2D eigenvalue weighted by Gasteiger charge is -2.19. The third-order valence-electron chi connectivity index (χ3n) is 2.35. The van der Waals surface area contributed by atoms with Crippen LogP contribution in [0.3, 0.4) is 0 Å². The number of ether oxygens (including phenoxy) is 1. The van der Waals surface area contributed by atoms with Gasteiger partial charge in [0.2, 0.25) is 0 Å². The molecule has 1 amide bonds. The quantitative estimate of drug-likeness (QED) is 0.490. The lowest BCUT2D eigenvalue weighted by atomic mass is 10.2. The largest absolute Gasteiger partial charge is 0.444 e. The third-order valence-corrected chi connectivity index (χ3v) is 2.35. The van der Waals surface area contributed by atoms with E-state index in [4.69, 9.17) is 4.74 Å². The Labute approximate surface area is 123 Å². The predicted molar refractivity (Wildman–Crippen MR) is 78.4 cm³/mol. The number of alkyl carbamates (subject to hydrolysis) is 1. The summed E-state index contributed by atoms with van der Waals surface area (Å²) in [6.45, 7) is 7.72. The minimum Gasteiger partial charge on any atom is -0.444 e. The molecule has 1 rings (SSSR count). The molecule has 21 heavy (non-hydrogen) atoms. The van der Waals surface area contributed by atoms with Crippen LogP contribution in [0.1, 0.15) is 26.5 Å². The minimum absolute atomic E-state index is 0.0209. The summed E-state index contributed by atoms with van der Waals surface area (Å²) in [7, 11) is 0. The number of nitrogens with zero attached hydrogens (tertiary/aromatic N) is 2. The zero-order valence-electron chi connectivity index (χ0n) is 12.6. The van der Waals surface area contributed by atoms with Crippen LogP contribution in [0.5, 0.6) is 0 Å². The van der Waals surface area contributed by atoms with E-state index in [2.05, 4.69) is 15.6 Å². The van der Waals surface area contributed by atoms with E-state index in [1.807, 2.05) is 0 Å². The molecule has 1 heterocycles. The van der Waals surface area contributed by atoms with Gasteiger partial charge in [-0.25, -0.2) is 9.78 Å². The second-order valence-electron chi connectivity index (χ2n) is 5.41. The van der Waals surface area contributed by atoms with Crippen LogP contribution in [0.2, 0.25) is 0 Å². The fraction of sp³-hybridized carbons (Fsp3) is 0.538. The highest BCUT2D eigenvalue weighted by molar-refractivity contribution is 5.67. The molecular weight excluding hydrogens is 276 g/mol. The van der Waals surface area contributed by atoms with E-state index < -0.39 is 16.6 Å². The molecule has 1 aromatic rings. The highest BCUT2D eigenvalue weighted by atomic mass is 16.6. The Hall–Kier alpha value is -2.38. The molecule has 0 unspecified atom stereocenters. The van der Waals surface area contributed by atoms with Crippen LogP contribution in [0.4, 0.5) is 16.3 Å². The number of aryl methyl sites for hydroxylation is 1. The van der Waals surface area contributed by atoms with Gasteiger partial charge in [0.25, 0.3) is 5.69 Å². The summed E-state index contributed by atoms with van der Waals surface area (Å²) in [4.78, 5) is 25.7. The summed E-state index contributed by atoms with van der Waals surface area (Å²) < 4.78 is 5.08. The van der Waals surface area contributed by atoms with Gasteiger partial charge in [0, 0.05) is 19.2 Å². The molecule has 0 saturated heterocycles. The summed E-state index contributed by atoms with van der Waals surface area (Å²) in [5, 5.41) is 16.2. The van der Waals surface area contributed by atoms with Crippen molar-refractivity contribution in [1.29, 1.82) is 0 Å². The molecule has 2 N–H and O–H groups in total. The molecule has 1 aromatic heterocycles. The third kappa shape index (κ3) is 6.07. The molecule has 0 atom stereocenters. The summed E-state index contributed by atoms with van der Waals surface area (Å²) >= 11 is 0. The van der Waals surface area contributed by atoms with Crippen molar-refractivity contribution in [2.75, 3.05) is 18.4 Å². The molecule has 0 aliphatic heterocycles. The number of amides is 1. The van der Waals surface area contributed by atoms with Crippen LogP contribution < -0.4 is 10.6 Å². The second-order valence-corrected chi connectivity index (χ2v) is 5.41. The van der Waals surface area contributed by atoms with Gasteiger partial charge in [-0.1, -0.05) is 0 Å². The number of rotatable bonds is 5. The summed E-state index contributed by atoms with van der Waals surface area (Å²) in [5.74, 6) is 0.518. The Morgan fingerprint density at radius 2 is 2.05 bits per heavy atom. The number of hydrogen-bond acceptors (Lipinski definition) is 6. The molecule has 0 aromatic carbocycles. The summed E-state index contributed by atoms with van der Waals surface area (Å²) in [5.41, 5.74) is -0.216. The van der Waals surface area contributed by atoms with Gasteiger partial charge in [-0.15, -0.1) is 0 Å². The van der Waals surface area contributed by atoms with Gasteiger partial charge in [0.05, 0.1) is 4.92 Å².